The van der Waals surface area contributed by atoms with E-state index in [0.717, 1.165) is 39.4 Å². The molecule has 4 rings (SSSR count). The monoisotopic (exact) mass is 397 g/mol. The van der Waals surface area contributed by atoms with Gasteiger partial charge in [-0.05, 0) is 42.6 Å². The molecule has 0 fully saturated rings. The third-order valence-electron chi connectivity index (χ3n) is 4.34. The van der Waals surface area contributed by atoms with Crippen LogP contribution in [0.25, 0.3) is 21.5 Å². The van der Waals surface area contributed by atoms with Gasteiger partial charge in [-0.3, -0.25) is 4.79 Å². The van der Waals surface area contributed by atoms with Crippen LogP contribution in [-0.4, -0.2) is 29.2 Å². The first-order valence-corrected chi connectivity index (χ1v) is 10.3. The molecule has 0 atom stereocenters. The number of rotatable bonds is 6. The summed E-state index contributed by atoms with van der Waals surface area (Å²) in [5.41, 5.74) is 3.72. The van der Waals surface area contributed by atoms with Gasteiger partial charge in [0.05, 0.1) is 12.3 Å². The van der Waals surface area contributed by atoms with Gasteiger partial charge in [0.1, 0.15) is 9.88 Å². The van der Waals surface area contributed by atoms with Crippen LogP contribution >= 0.6 is 22.7 Å². The highest BCUT2D eigenvalue weighted by Gasteiger charge is 2.17. The van der Waals surface area contributed by atoms with E-state index in [2.05, 4.69) is 14.9 Å². The van der Waals surface area contributed by atoms with Crippen molar-refractivity contribution in [2.45, 2.75) is 13.5 Å². The summed E-state index contributed by atoms with van der Waals surface area (Å²) < 4.78 is 7.29. The number of nitrogens with zero attached hydrogens (tertiary/aromatic N) is 2. The van der Waals surface area contributed by atoms with Crippen LogP contribution in [0.4, 0.5) is 5.69 Å². The van der Waals surface area contributed by atoms with Crippen molar-refractivity contribution in [2.75, 3.05) is 19.0 Å². The number of methoxy groups -OCH3 is 1. The predicted octanol–water partition coefficient (Wildman–Crippen LogP) is 5.03. The van der Waals surface area contributed by atoms with Crippen molar-refractivity contribution < 1.29 is 9.53 Å². The maximum atomic E-state index is 12.7. The van der Waals surface area contributed by atoms with Crippen LogP contribution in [-0.2, 0) is 11.3 Å². The largest absolute Gasteiger partial charge is 0.383 e. The van der Waals surface area contributed by atoms with Gasteiger partial charge < -0.3 is 14.6 Å². The second-order valence-corrected chi connectivity index (χ2v) is 7.95. The highest BCUT2D eigenvalue weighted by atomic mass is 32.1. The molecule has 1 N–H and O–H groups in total. The lowest BCUT2D eigenvalue weighted by atomic mass is 10.2. The number of aromatic nitrogens is 2. The van der Waals surface area contributed by atoms with E-state index >= 15 is 0 Å². The van der Waals surface area contributed by atoms with Crippen molar-refractivity contribution in [1.29, 1.82) is 0 Å². The second-order valence-electron chi connectivity index (χ2n) is 6.18. The van der Waals surface area contributed by atoms with Gasteiger partial charge in [-0.2, -0.15) is 11.3 Å². The molecule has 0 bridgehead atoms. The van der Waals surface area contributed by atoms with Gasteiger partial charge >= 0.3 is 0 Å². The molecule has 5 nitrogen and oxygen atoms in total. The van der Waals surface area contributed by atoms with Crippen molar-refractivity contribution in [1.82, 2.24) is 9.55 Å². The summed E-state index contributed by atoms with van der Waals surface area (Å²) in [5, 5.41) is 9.03. The Morgan fingerprint density at radius 1 is 1.30 bits per heavy atom. The molecule has 1 aromatic carbocycles. The van der Waals surface area contributed by atoms with Gasteiger partial charge in [0.25, 0.3) is 5.91 Å². The Hall–Kier alpha value is -2.48. The van der Waals surface area contributed by atoms with Crippen molar-refractivity contribution in [3.8, 4) is 10.6 Å². The first kappa shape index (κ1) is 17.9. The fourth-order valence-corrected chi connectivity index (χ4v) is 4.64. The first-order chi connectivity index (χ1) is 13.2. The Morgan fingerprint density at radius 3 is 2.96 bits per heavy atom. The molecule has 0 aliphatic heterocycles. The van der Waals surface area contributed by atoms with Crippen molar-refractivity contribution in [3.05, 3.63) is 57.9 Å². The molecule has 4 aromatic rings. The molecule has 0 saturated carbocycles. The Balaban J connectivity index is 1.54. The van der Waals surface area contributed by atoms with Crippen molar-refractivity contribution >= 4 is 45.2 Å². The zero-order valence-electron chi connectivity index (χ0n) is 15.1. The highest BCUT2D eigenvalue weighted by Crippen LogP contribution is 2.30. The number of carbonyl (C=O) groups is 1. The molecule has 0 unspecified atom stereocenters. The van der Waals surface area contributed by atoms with Crippen LogP contribution in [0.2, 0.25) is 0 Å². The average Bonchev–Trinajstić information content (AvgIpc) is 3.39. The van der Waals surface area contributed by atoms with Gasteiger partial charge in [-0.1, -0.05) is 0 Å². The lowest BCUT2D eigenvalue weighted by Gasteiger charge is -2.07. The summed E-state index contributed by atoms with van der Waals surface area (Å²) in [7, 11) is 1.70. The van der Waals surface area contributed by atoms with Crippen molar-refractivity contribution in [2.24, 2.45) is 0 Å². The number of thiophene rings is 1. The maximum Gasteiger partial charge on any atom is 0.267 e. The summed E-state index contributed by atoms with van der Waals surface area (Å²) in [6, 6.07) is 10.0. The molecule has 7 heteroatoms. The van der Waals surface area contributed by atoms with Crippen LogP contribution < -0.4 is 5.32 Å². The maximum absolute atomic E-state index is 12.7. The van der Waals surface area contributed by atoms with E-state index in [1.54, 1.807) is 18.4 Å². The van der Waals surface area contributed by atoms with Crippen molar-refractivity contribution in [3.63, 3.8) is 0 Å². The number of thiazole rings is 1. The van der Waals surface area contributed by atoms with E-state index in [4.69, 9.17) is 4.74 Å². The summed E-state index contributed by atoms with van der Waals surface area (Å²) >= 11 is 3.05. The number of ether oxygens (including phenoxy) is 1. The van der Waals surface area contributed by atoms with Crippen LogP contribution in [0.1, 0.15) is 15.4 Å². The quantitative estimate of drug-likeness (QED) is 0.496. The number of aryl methyl sites for hydroxylation is 1. The van der Waals surface area contributed by atoms with E-state index in [1.807, 2.05) is 54.2 Å². The Bertz CT molecular complexity index is 1080. The normalized spacial score (nSPS) is 11.2. The van der Waals surface area contributed by atoms with E-state index in [-0.39, 0.29) is 5.91 Å². The van der Waals surface area contributed by atoms with E-state index in [1.165, 1.54) is 11.3 Å². The number of hydrogen-bond donors (Lipinski definition) is 1. The Morgan fingerprint density at radius 2 is 2.19 bits per heavy atom. The number of amides is 1. The molecule has 0 saturated heterocycles. The molecule has 0 radical (unpaired) electrons. The van der Waals surface area contributed by atoms with E-state index in [0.29, 0.717) is 11.5 Å². The molecule has 0 aliphatic rings. The molecule has 138 valence electrons. The SMILES string of the molecule is COCCn1ccc2cc(NC(=O)c3sc(-c4ccsc4)nc3C)ccc21. The van der Waals surface area contributed by atoms with E-state index < -0.39 is 0 Å². The highest BCUT2D eigenvalue weighted by molar-refractivity contribution is 7.17. The number of anilines is 1. The molecule has 1 amide bonds. The third kappa shape index (κ3) is 3.66. The molecule has 0 spiro atoms. The summed E-state index contributed by atoms with van der Waals surface area (Å²) in [4.78, 5) is 17.9. The average molecular weight is 398 g/mol. The third-order valence-corrected chi connectivity index (χ3v) is 6.22. The molecule has 0 aliphatic carbocycles. The smallest absolute Gasteiger partial charge is 0.267 e. The van der Waals surface area contributed by atoms with Gasteiger partial charge in [0.15, 0.2) is 0 Å². The summed E-state index contributed by atoms with van der Waals surface area (Å²) in [5.74, 6) is -0.121. The number of nitrogens with one attached hydrogen (secondary N) is 1. The fourth-order valence-electron chi connectivity index (χ4n) is 2.97. The Kier molecular flexibility index (Phi) is 5.07. The zero-order chi connectivity index (χ0) is 18.8. The molecule has 3 aromatic heterocycles. The number of carbonyl (C=O) groups excluding carboxylic acids is 1. The molecule has 27 heavy (non-hydrogen) atoms. The summed E-state index contributed by atoms with van der Waals surface area (Å²) in [6.07, 6.45) is 2.04. The standard InChI is InChI=1S/C20H19N3O2S2/c1-13-18(27-20(21-13)15-6-10-26-12-15)19(24)22-16-3-4-17-14(11-16)5-7-23(17)8-9-25-2/h3-7,10-12H,8-9H2,1-2H3,(H,22,24). The van der Waals surface area contributed by atoms with Gasteiger partial charge in [-0.15, -0.1) is 11.3 Å². The van der Waals surface area contributed by atoms with Crippen LogP contribution in [0.3, 0.4) is 0 Å². The van der Waals surface area contributed by atoms with Crippen LogP contribution in [0.15, 0.2) is 47.3 Å². The molecular weight excluding hydrogens is 378 g/mol. The van der Waals surface area contributed by atoms with E-state index in [9.17, 15) is 4.79 Å². The lowest BCUT2D eigenvalue weighted by molar-refractivity contribution is 0.103. The van der Waals surface area contributed by atoms with Crippen LogP contribution in [0, 0.1) is 6.92 Å². The zero-order valence-corrected chi connectivity index (χ0v) is 16.7. The minimum absolute atomic E-state index is 0.121. The van der Waals surface area contributed by atoms with Gasteiger partial charge in [0.2, 0.25) is 0 Å². The lowest BCUT2D eigenvalue weighted by Crippen LogP contribution is -2.11. The number of benzene rings is 1. The minimum Gasteiger partial charge on any atom is -0.383 e. The topological polar surface area (TPSA) is 56.1 Å². The predicted molar refractivity (Wildman–Crippen MR) is 112 cm³/mol. The minimum atomic E-state index is -0.121. The second kappa shape index (κ2) is 7.64. The molecule has 3 heterocycles. The van der Waals surface area contributed by atoms with Gasteiger partial charge in [-0.25, -0.2) is 4.98 Å². The first-order valence-electron chi connectivity index (χ1n) is 8.55. The Labute approximate surface area is 165 Å². The fraction of sp³-hybridized carbons (Fsp3) is 0.200. The molecular formula is C20H19N3O2S2. The number of fused-ring (bicyclic) bond motifs is 1. The summed E-state index contributed by atoms with van der Waals surface area (Å²) in [6.45, 7) is 3.34. The van der Waals surface area contributed by atoms with Gasteiger partial charge in [0, 0.05) is 47.4 Å². The number of hydrogen-bond acceptors (Lipinski definition) is 5. The van der Waals surface area contributed by atoms with Crippen LogP contribution in [0.5, 0.6) is 0 Å².